The summed E-state index contributed by atoms with van der Waals surface area (Å²) in [5.74, 6) is 1.81. The zero-order valence-electron chi connectivity index (χ0n) is 15.3. The average Bonchev–Trinajstić information content (AvgIpc) is 2.85. The lowest BCUT2D eigenvalue weighted by Gasteiger charge is -2.55. The van der Waals surface area contributed by atoms with E-state index < -0.39 is 15.9 Å². The number of hydrogen-bond donors (Lipinski definition) is 2. The van der Waals surface area contributed by atoms with Crippen molar-refractivity contribution in [3.8, 4) is 0 Å². The molecule has 0 aliphatic heterocycles. The largest absolute Gasteiger partial charge is 0.387 e. The minimum absolute atomic E-state index is 0.0752. The van der Waals surface area contributed by atoms with Gasteiger partial charge in [-0.3, -0.25) is 4.79 Å². The van der Waals surface area contributed by atoms with Gasteiger partial charge < -0.3 is 10.4 Å². The molecule has 144 valence electrons. The first kappa shape index (κ1) is 18.4. The zero-order chi connectivity index (χ0) is 18.7. The molecule has 0 aromatic carbocycles. The van der Waals surface area contributed by atoms with Crippen LogP contribution >= 0.6 is 11.3 Å². The van der Waals surface area contributed by atoms with Gasteiger partial charge in [0.15, 0.2) is 0 Å². The fraction of sp³-hybridized carbons (Fsp3) is 0.737. The van der Waals surface area contributed by atoms with Crippen molar-refractivity contribution in [2.75, 3.05) is 17.3 Å². The van der Waals surface area contributed by atoms with Crippen molar-refractivity contribution in [3.63, 3.8) is 0 Å². The van der Waals surface area contributed by atoms with Gasteiger partial charge in [-0.2, -0.15) is 0 Å². The molecule has 1 heterocycles. The SMILES string of the molecule is Cc1cc(C(O)CS(C)(=O)=O)c(NC(=O)C23CC4CC(CC(C4)C2)C3)s1. The summed E-state index contributed by atoms with van der Waals surface area (Å²) in [5, 5.41) is 14.1. The minimum atomic E-state index is -3.30. The molecule has 26 heavy (non-hydrogen) atoms. The molecule has 1 atom stereocenters. The second kappa shape index (κ2) is 6.31. The molecule has 0 radical (unpaired) electrons. The van der Waals surface area contributed by atoms with Crippen molar-refractivity contribution in [1.82, 2.24) is 0 Å². The van der Waals surface area contributed by atoms with Crippen LogP contribution < -0.4 is 5.32 Å². The number of carbonyl (C=O) groups excluding carboxylic acids is 1. The average molecular weight is 398 g/mol. The number of hydrogen-bond acceptors (Lipinski definition) is 5. The van der Waals surface area contributed by atoms with Crippen LogP contribution in [-0.2, 0) is 14.6 Å². The van der Waals surface area contributed by atoms with Gasteiger partial charge in [0.05, 0.1) is 17.3 Å². The van der Waals surface area contributed by atoms with E-state index in [1.54, 1.807) is 6.07 Å². The van der Waals surface area contributed by atoms with Crippen LogP contribution in [0, 0.1) is 30.1 Å². The summed E-state index contributed by atoms with van der Waals surface area (Å²) in [6.45, 7) is 1.90. The summed E-state index contributed by atoms with van der Waals surface area (Å²) in [6, 6.07) is 1.79. The van der Waals surface area contributed by atoms with E-state index in [4.69, 9.17) is 0 Å². The molecule has 7 heteroatoms. The third-order valence-electron chi connectivity index (χ3n) is 6.45. The molecule has 0 spiro atoms. The molecule has 1 unspecified atom stereocenters. The van der Waals surface area contributed by atoms with Crippen LogP contribution in [0.1, 0.15) is 55.1 Å². The molecule has 5 nitrogen and oxygen atoms in total. The number of thiophene rings is 1. The predicted octanol–water partition coefficient (Wildman–Crippen LogP) is 3.29. The lowest BCUT2D eigenvalue weighted by Crippen LogP contribution is -2.51. The normalized spacial score (nSPS) is 34.0. The van der Waals surface area contributed by atoms with Crippen molar-refractivity contribution in [3.05, 3.63) is 16.5 Å². The van der Waals surface area contributed by atoms with Crippen molar-refractivity contribution < 1.29 is 18.3 Å². The van der Waals surface area contributed by atoms with Crippen LogP contribution in [0.25, 0.3) is 0 Å². The number of rotatable bonds is 5. The molecule has 4 saturated carbocycles. The molecule has 4 aliphatic rings. The van der Waals surface area contributed by atoms with Crippen LogP contribution in [0.2, 0.25) is 0 Å². The van der Waals surface area contributed by atoms with Gasteiger partial charge in [0, 0.05) is 16.7 Å². The molecule has 5 rings (SSSR count). The molecule has 2 N–H and O–H groups in total. The van der Waals surface area contributed by atoms with Crippen molar-refractivity contribution in [1.29, 1.82) is 0 Å². The van der Waals surface area contributed by atoms with Crippen LogP contribution in [0.15, 0.2) is 6.07 Å². The van der Waals surface area contributed by atoms with Crippen LogP contribution in [0.4, 0.5) is 5.00 Å². The second-order valence-electron chi connectivity index (χ2n) is 8.90. The summed E-state index contributed by atoms with van der Waals surface area (Å²) >= 11 is 1.41. The third-order valence-corrected chi connectivity index (χ3v) is 8.35. The summed E-state index contributed by atoms with van der Waals surface area (Å²) in [6.07, 6.45) is 6.79. The second-order valence-corrected chi connectivity index (χ2v) is 12.3. The highest BCUT2D eigenvalue weighted by Crippen LogP contribution is 2.60. The summed E-state index contributed by atoms with van der Waals surface area (Å²) in [5.41, 5.74) is 0.266. The van der Waals surface area contributed by atoms with Crippen LogP contribution in [-0.4, -0.2) is 31.4 Å². The maximum Gasteiger partial charge on any atom is 0.231 e. The highest BCUT2D eigenvalue weighted by atomic mass is 32.2. The monoisotopic (exact) mass is 397 g/mol. The van der Waals surface area contributed by atoms with Gasteiger partial charge in [0.25, 0.3) is 0 Å². The number of aliphatic hydroxyl groups is 1. The maximum absolute atomic E-state index is 13.2. The number of nitrogens with one attached hydrogen (secondary N) is 1. The molecule has 1 aromatic heterocycles. The highest BCUT2D eigenvalue weighted by Gasteiger charge is 2.54. The van der Waals surface area contributed by atoms with Gasteiger partial charge in [0.1, 0.15) is 14.8 Å². The number of carbonyl (C=O) groups is 1. The minimum Gasteiger partial charge on any atom is -0.387 e. The first-order chi connectivity index (χ1) is 12.1. The Morgan fingerprint density at radius 2 is 1.81 bits per heavy atom. The van der Waals surface area contributed by atoms with E-state index in [0.29, 0.717) is 28.3 Å². The van der Waals surface area contributed by atoms with E-state index in [1.807, 2.05) is 6.92 Å². The molecule has 0 saturated heterocycles. The maximum atomic E-state index is 13.2. The predicted molar refractivity (Wildman–Crippen MR) is 103 cm³/mol. The highest BCUT2D eigenvalue weighted by molar-refractivity contribution is 7.90. The Kier molecular flexibility index (Phi) is 4.48. The Balaban J connectivity index is 1.55. The van der Waals surface area contributed by atoms with Gasteiger partial charge in [-0.05, 0) is 69.3 Å². The zero-order valence-corrected chi connectivity index (χ0v) is 17.0. The molecule has 4 aliphatic carbocycles. The van der Waals surface area contributed by atoms with E-state index in [-0.39, 0.29) is 17.1 Å². The first-order valence-electron chi connectivity index (χ1n) is 9.41. The molecule has 4 fully saturated rings. The smallest absolute Gasteiger partial charge is 0.231 e. The standard InChI is InChI=1S/C19H27NO4S2/c1-11-3-15(16(21)10-26(2,23)24)17(25-11)20-18(22)19-7-12-4-13(8-19)6-14(5-12)9-19/h3,12-14,16,21H,4-10H2,1-2H3,(H,20,22). The fourth-order valence-corrected chi connectivity index (χ4v) is 7.60. The number of amides is 1. The number of sulfone groups is 1. The topological polar surface area (TPSA) is 83.5 Å². The lowest BCUT2D eigenvalue weighted by atomic mass is 9.49. The lowest BCUT2D eigenvalue weighted by molar-refractivity contribution is -0.140. The number of anilines is 1. The number of aliphatic hydroxyl groups excluding tert-OH is 1. The quantitative estimate of drug-likeness (QED) is 0.799. The van der Waals surface area contributed by atoms with Gasteiger partial charge in [0.2, 0.25) is 5.91 Å². The van der Waals surface area contributed by atoms with E-state index in [0.717, 1.165) is 30.4 Å². The van der Waals surface area contributed by atoms with Gasteiger partial charge in [-0.25, -0.2) is 8.42 Å². The summed E-state index contributed by atoms with van der Waals surface area (Å²) < 4.78 is 23.1. The molecular weight excluding hydrogens is 370 g/mol. The number of aryl methyl sites for hydroxylation is 1. The van der Waals surface area contributed by atoms with E-state index >= 15 is 0 Å². The van der Waals surface area contributed by atoms with E-state index in [2.05, 4.69) is 5.32 Å². The fourth-order valence-electron chi connectivity index (χ4n) is 5.88. The molecule has 1 aromatic rings. The summed E-state index contributed by atoms with van der Waals surface area (Å²) in [4.78, 5) is 14.2. The Morgan fingerprint density at radius 1 is 1.27 bits per heavy atom. The van der Waals surface area contributed by atoms with Crippen molar-refractivity contribution in [2.45, 2.75) is 51.6 Å². The van der Waals surface area contributed by atoms with Crippen LogP contribution in [0.3, 0.4) is 0 Å². The summed E-state index contributed by atoms with van der Waals surface area (Å²) in [7, 11) is -3.30. The molecular formula is C19H27NO4S2. The van der Waals surface area contributed by atoms with E-state index in [9.17, 15) is 18.3 Å². The van der Waals surface area contributed by atoms with Gasteiger partial charge >= 0.3 is 0 Å². The Labute approximate surface area is 159 Å². The van der Waals surface area contributed by atoms with Crippen molar-refractivity contribution in [2.24, 2.45) is 23.2 Å². The van der Waals surface area contributed by atoms with Gasteiger partial charge in [-0.15, -0.1) is 11.3 Å². The molecule has 4 bridgehead atoms. The van der Waals surface area contributed by atoms with E-state index in [1.165, 1.54) is 30.6 Å². The van der Waals surface area contributed by atoms with Crippen LogP contribution in [0.5, 0.6) is 0 Å². The Morgan fingerprint density at radius 3 is 2.31 bits per heavy atom. The van der Waals surface area contributed by atoms with Gasteiger partial charge in [-0.1, -0.05) is 0 Å². The van der Waals surface area contributed by atoms with Crippen molar-refractivity contribution >= 4 is 32.1 Å². The first-order valence-corrected chi connectivity index (χ1v) is 12.3. The molecule has 1 amide bonds. The third kappa shape index (κ3) is 3.45. The Bertz CT molecular complexity index is 791. The Hall–Kier alpha value is -0.920.